The van der Waals surface area contributed by atoms with Gasteiger partial charge < -0.3 is 20.1 Å². The van der Waals surface area contributed by atoms with E-state index in [2.05, 4.69) is 10.6 Å². The molecule has 0 aromatic heterocycles. The Labute approximate surface area is 154 Å². The third-order valence-corrected chi connectivity index (χ3v) is 4.65. The van der Waals surface area contributed by atoms with E-state index in [1.165, 1.54) is 0 Å². The molecule has 1 unspecified atom stereocenters. The van der Waals surface area contributed by atoms with Gasteiger partial charge in [0, 0.05) is 25.3 Å². The molecule has 2 aromatic rings. The van der Waals surface area contributed by atoms with Crippen molar-refractivity contribution >= 4 is 11.7 Å². The van der Waals surface area contributed by atoms with Crippen molar-refractivity contribution in [1.82, 2.24) is 5.32 Å². The molecule has 2 N–H and O–H groups in total. The van der Waals surface area contributed by atoms with Gasteiger partial charge in [0.2, 0.25) is 0 Å². The first-order valence-corrected chi connectivity index (χ1v) is 9.12. The van der Waals surface area contributed by atoms with Gasteiger partial charge in [0.05, 0.1) is 12.8 Å². The molecule has 0 saturated carbocycles. The largest absolute Gasteiger partial charge is 0.497 e. The standard InChI is InChI=1S/C21H26N2O3/c1-25-18-8-4-7-17(14-18)19-9-2-3-10-20(19)23-21(24)22-12-5-6-16-11-13-26-15-16/h2-4,7-10,14,16H,5-6,11-13,15H2,1H3,(H2,22,23,24). The first-order valence-electron chi connectivity index (χ1n) is 9.12. The lowest BCUT2D eigenvalue weighted by Crippen LogP contribution is -2.30. The summed E-state index contributed by atoms with van der Waals surface area (Å²) in [5.74, 6) is 1.44. The molecule has 1 aliphatic heterocycles. The summed E-state index contributed by atoms with van der Waals surface area (Å²) in [6, 6.07) is 15.4. The number of carbonyl (C=O) groups is 1. The maximum Gasteiger partial charge on any atom is 0.319 e. The van der Waals surface area contributed by atoms with Crippen LogP contribution >= 0.6 is 0 Å². The molecule has 1 atom stereocenters. The Morgan fingerprint density at radius 1 is 1.23 bits per heavy atom. The number of nitrogens with one attached hydrogen (secondary N) is 2. The van der Waals surface area contributed by atoms with Crippen LogP contribution in [0.4, 0.5) is 10.5 Å². The van der Waals surface area contributed by atoms with Gasteiger partial charge in [-0.15, -0.1) is 0 Å². The normalized spacial score (nSPS) is 16.3. The fourth-order valence-corrected chi connectivity index (χ4v) is 3.20. The van der Waals surface area contributed by atoms with Gasteiger partial charge in [0.25, 0.3) is 0 Å². The summed E-state index contributed by atoms with van der Waals surface area (Å²) in [4.78, 5) is 12.2. The van der Waals surface area contributed by atoms with E-state index >= 15 is 0 Å². The predicted molar refractivity (Wildman–Crippen MR) is 104 cm³/mol. The zero-order valence-electron chi connectivity index (χ0n) is 15.2. The van der Waals surface area contributed by atoms with Crippen molar-refractivity contribution in [3.63, 3.8) is 0 Å². The van der Waals surface area contributed by atoms with Gasteiger partial charge in [-0.1, -0.05) is 30.3 Å². The van der Waals surface area contributed by atoms with Crippen molar-refractivity contribution < 1.29 is 14.3 Å². The minimum atomic E-state index is -0.178. The second-order valence-electron chi connectivity index (χ2n) is 6.53. The van der Waals surface area contributed by atoms with Crippen molar-refractivity contribution in [3.8, 4) is 16.9 Å². The van der Waals surface area contributed by atoms with Crippen molar-refractivity contribution in [1.29, 1.82) is 0 Å². The lowest BCUT2D eigenvalue weighted by Gasteiger charge is -2.13. The zero-order chi connectivity index (χ0) is 18.2. The molecule has 5 nitrogen and oxygen atoms in total. The minimum Gasteiger partial charge on any atom is -0.497 e. The van der Waals surface area contributed by atoms with Crippen LogP contribution in [0.2, 0.25) is 0 Å². The number of methoxy groups -OCH3 is 1. The Morgan fingerprint density at radius 2 is 2.12 bits per heavy atom. The Morgan fingerprint density at radius 3 is 2.92 bits per heavy atom. The number of benzene rings is 2. The predicted octanol–water partition coefficient (Wildman–Crippen LogP) is 4.30. The van der Waals surface area contributed by atoms with E-state index in [4.69, 9.17) is 9.47 Å². The van der Waals surface area contributed by atoms with Crippen LogP contribution in [0, 0.1) is 5.92 Å². The molecule has 0 bridgehead atoms. The van der Waals surface area contributed by atoms with Crippen LogP contribution < -0.4 is 15.4 Å². The number of amides is 2. The van der Waals surface area contributed by atoms with Gasteiger partial charge >= 0.3 is 6.03 Å². The summed E-state index contributed by atoms with van der Waals surface area (Å²) in [7, 11) is 1.65. The van der Waals surface area contributed by atoms with Crippen LogP contribution in [0.1, 0.15) is 19.3 Å². The summed E-state index contributed by atoms with van der Waals surface area (Å²) in [5, 5.41) is 5.90. The van der Waals surface area contributed by atoms with E-state index in [9.17, 15) is 4.79 Å². The van der Waals surface area contributed by atoms with E-state index in [0.29, 0.717) is 12.5 Å². The van der Waals surface area contributed by atoms with E-state index < -0.39 is 0 Å². The van der Waals surface area contributed by atoms with Crippen molar-refractivity contribution in [2.24, 2.45) is 5.92 Å². The lowest BCUT2D eigenvalue weighted by molar-refractivity contribution is 0.184. The highest BCUT2D eigenvalue weighted by atomic mass is 16.5. The summed E-state index contributed by atoms with van der Waals surface area (Å²) in [6.07, 6.45) is 3.21. The van der Waals surface area contributed by atoms with Gasteiger partial charge in [-0.05, 0) is 48.9 Å². The smallest absolute Gasteiger partial charge is 0.319 e. The molecule has 0 spiro atoms. The number of rotatable bonds is 7. The first-order chi connectivity index (χ1) is 12.8. The Balaban J connectivity index is 1.56. The van der Waals surface area contributed by atoms with Gasteiger partial charge in [-0.2, -0.15) is 0 Å². The van der Waals surface area contributed by atoms with E-state index in [1.807, 2.05) is 48.5 Å². The average molecular weight is 354 g/mol. The fourth-order valence-electron chi connectivity index (χ4n) is 3.20. The molecule has 26 heavy (non-hydrogen) atoms. The Bertz CT molecular complexity index is 727. The number of anilines is 1. The van der Waals surface area contributed by atoms with Gasteiger partial charge in [-0.3, -0.25) is 0 Å². The maximum atomic E-state index is 12.2. The molecule has 1 heterocycles. The maximum absolute atomic E-state index is 12.2. The molecule has 2 aromatic carbocycles. The first kappa shape index (κ1) is 18.3. The molecule has 1 aliphatic rings. The third kappa shape index (κ3) is 4.99. The van der Waals surface area contributed by atoms with Gasteiger partial charge in [-0.25, -0.2) is 4.79 Å². The molecule has 1 saturated heterocycles. The van der Waals surface area contributed by atoms with Gasteiger partial charge in [0.15, 0.2) is 0 Å². The van der Waals surface area contributed by atoms with Crippen molar-refractivity contribution in [3.05, 3.63) is 48.5 Å². The third-order valence-electron chi connectivity index (χ3n) is 4.65. The van der Waals surface area contributed by atoms with Crippen LogP contribution in [-0.2, 0) is 4.74 Å². The molecular formula is C21H26N2O3. The van der Waals surface area contributed by atoms with Crippen molar-refractivity contribution in [2.75, 3.05) is 32.2 Å². The highest BCUT2D eigenvalue weighted by Gasteiger charge is 2.15. The number of ether oxygens (including phenoxy) is 2. The summed E-state index contributed by atoms with van der Waals surface area (Å²) >= 11 is 0. The number of para-hydroxylation sites is 1. The molecule has 2 amide bonds. The number of urea groups is 1. The molecular weight excluding hydrogens is 328 g/mol. The SMILES string of the molecule is COc1cccc(-c2ccccc2NC(=O)NCCCC2CCOC2)c1. The molecule has 0 radical (unpaired) electrons. The Kier molecular flexibility index (Phi) is 6.50. The molecule has 1 fully saturated rings. The highest BCUT2D eigenvalue weighted by Crippen LogP contribution is 2.30. The average Bonchev–Trinajstić information content (AvgIpc) is 3.19. The monoisotopic (exact) mass is 354 g/mol. The zero-order valence-corrected chi connectivity index (χ0v) is 15.2. The summed E-state index contributed by atoms with van der Waals surface area (Å²) in [6.45, 7) is 2.41. The van der Waals surface area contributed by atoms with Crippen LogP contribution in [0.25, 0.3) is 11.1 Å². The Hall–Kier alpha value is -2.53. The quantitative estimate of drug-likeness (QED) is 0.729. The van der Waals surface area contributed by atoms with Crippen molar-refractivity contribution in [2.45, 2.75) is 19.3 Å². The summed E-state index contributed by atoms with van der Waals surface area (Å²) in [5.41, 5.74) is 2.74. The number of carbonyl (C=O) groups excluding carboxylic acids is 1. The van der Waals surface area contributed by atoms with Crippen LogP contribution in [0.15, 0.2) is 48.5 Å². The molecule has 138 valence electrons. The minimum absolute atomic E-state index is 0.178. The van der Waals surface area contributed by atoms with Crippen LogP contribution in [0.3, 0.4) is 0 Å². The fraction of sp³-hybridized carbons (Fsp3) is 0.381. The molecule has 3 rings (SSSR count). The van der Waals surface area contributed by atoms with E-state index in [1.54, 1.807) is 7.11 Å². The second-order valence-corrected chi connectivity index (χ2v) is 6.53. The van der Waals surface area contributed by atoms with E-state index in [0.717, 1.165) is 55.0 Å². The van der Waals surface area contributed by atoms with Gasteiger partial charge in [0.1, 0.15) is 5.75 Å². The second kappa shape index (κ2) is 9.25. The number of hydrogen-bond donors (Lipinski definition) is 2. The van der Waals surface area contributed by atoms with Crippen LogP contribution in [0.5, 0.6) is 5.75 Å². The molecule has 5 heteroatoms. The molecule has 0 aliphatic carbocycles. The highest BCUT2D eigenvalue weighted by molar-refractivity contribution is 5.94. The number of hydrogen-bond acceptors (Lipinski definition) is 3. The van der Waals surface area contributed by atoms with Crippen LogP contribution in [-0.4, -0.2) is 32.9 Å². The lowest BCUT2D eigenvalue weighted by atomic mass is 10.0. The summed E-state index contributed by atoms with van der Waals surface area (Å²) < 4.78 is 10.7. The van der Waals surface area contributed by atoms with E-state index in [-0.39, 0.29) is 6.03 Å². The topological polar surface area (TPSA) is 59.6 Å².